The lowest BCUT2D eigenvalue weighted by Gasteiger charge is -2.32. The van der Waals surface area contributed by atoms with E-state index in [4.69, 9.17) is 0 Å². The molecule has 2 N–H and O–H groups in total. The van der Waals surface area contributed by atoms with Crippen LogP contribution in [0, 0.1) is 19.8 Å². The number of carbonyl (C=O) groups excluding carboxylic acids is 2. The predicted octanol–water partition coefficient (Wildman–Crippen LogP) is 3.45. The number of nitrogens with zero attached hydrogens (tertiary/aromatic N) is 3. The van der Waals surface area contributed by atoms with E-state index in [1.807, 2.05) is 55.8 Å². The highest BCUT2D eigenvalue weighted by Gasteiger charge is 2.21. The summed E-state index contributed by atoms with van der Waals surface area (Å²) in [6.45, 7) is 9.33. The minimum absolute atomic E-state index is 0.0113. The van der Waals surface area contributed by atoms with Gasteiger partial charge in [0.25, 0.3) is 0 Å². The molecule has 3 rings (SSSR count). The van der Waals surface area contributed by atoms with Crippen LogP contribution in [0.25, 0.3) is 5.69 Å². The zero-order valence-corrected chi connectivity index (χ0v) is 19.0. The van der Waals surface area contributed by atoms with Crippen LogP contribution >= 0.6 is 0 Å². The standard InChI is InChI=1S/C24H35N5O2/c1-4-9-22(30)25-16-20-10-8-14-28(17-20)15-13-23(31)26-24-18(2)27-29(19(24)3)21-11-6-5-7-12-21/h5-7,11-12,20H,4,8-10,13-17H2,1-3H3,(H,25,30)(H,26,31). The van der Waals surface area contributed by atoms with Crippen molar-refractivity contribution in [2.24, 2.45) is 5.92 Å². The number of anilines is 1. The quantitative estimate of drug-likeness (QED) is 0.645. The minimum atomic E-state index is 0.0113. The Morgan fingerprint density at radius 3 is 2.65 bits per heavy atom. The first kappa shape index (κ1) is 23.0. The van der Waals surface area contributed by atoms with Crippen molar-refractivity contribution in [1.29, 1.82) is 0 Å². The molecule has 1 aromatic carbocycles. The molecule has 1 aliphatic rings. The first-order valence-corrected chi connectivity index (χ1v) is 11.4. The molecular weight excluding hydrogens is 390 g/mol. The molecule has 0 radical (unpaired) electrons. The third-order valence-electron chi connectivity index (χ3n) is 5.88. The fourth-order valence-electron chi connectivity index (χ4n) is 4.20. The second-order valence-corrected chi connectivity index (χ2v) is 8.45. The summed E-state index contributed by atoms with van der Waals surface area (Å²) >= 11 is 0. The van der Waals surface area contributed by atoms with Gasteiger partial charge in [0.05, 0.1) is 22.8 Å². The average Bonchev–Trinajstić information content (AvgIpc) is 3.06. The van der Waals surface area contributed by atoms with Crippen molar-refractivity contribution in [2.45, 2.75) is 52.9 Å². The normalized spacial score (nSPS) is 16.8. The summed E-state index contributed by atoms with van der Waals surface area (Å²) < 4.78 is 1.87. The Bertz CT molecular complexity index is 878. The zero-order valence-electron chi connectivity index (χ0n) is 19.0. The van der Waals surface area contributed by atoms with Crippen molar-refractivity contribution in [2.75, 3.05) is 31.5 Å². The zero-order chi connectivity index (χ0) is 22.2. The number of para-hydroxylation sites is 1. The first-order chi connectivity index (χ1) is 15.0. The van der Waals surface area contributed by atoms with Gasteiger partial charge in [-0.15, -0.1) is 0 Å². The maximum Gasteiger partial charge on any atom is 0.225 e. The van der Waals surface area contributed by atoms with Crippen molar-refractivity contribution in [3.8, 4) is 5.69 Å². The molecule has 31 heavy (non-hydrogen) atoms. The highest BCUT2D eigenvalue weighted by Crippen LogP contribution is 2.23. The average molecular weight is 426 g/mol. The molecule has 0 aliphatic carbocycles. The summed E-state index contributed by atoms with van der Waals surface area (Å²) in [7, 11) is 0. The Morgan fingerprint density at radius 1 is 1.13 bits per heavy atom. The van der Waals surface area contributed by atoms with Crippen LogP contribution in [0.1, 0.15) is 50.4 Å². The molecule has 0 spiro atoms. The van der Waals surface area contributed by atoms with E-state index >= 15 is 0 Å². The first-order valence-electron chi connectivity index (χ1n) is 11.4. The molecule has 1 atom stereocenters. The molecule has 1 aromatic heterocycles. The van der Waals surface area contributed by atoms with Crippen LogP contribution < -0.4 is 10.6 Å². The third kappa shape index (κ3) is 6.40. The number of carbonyl (C=O) groups is 2. The Kier molecular flexibility index (Phi) is 8.23. The molecule has 1 fully saturated rings. The Labute approximate surface area is 185 Å². The van der Waals surface area contributed by atoms with Crippen LogP contribution in [0.3, 0.4) is 0 Å². The largest absolute Gasteiger partial charge is 0.356 e. The number of aromatic nitrogens is 2. The van der Waals surface area contributed by atoms with E-state index in [0.29, 0.717) is 18.8 Å². The van der Waals surface area contributed by atoms with E-state index < -0.39 is 0 Å². The maximum absolute atomic E-state index is 12.6. The summed E-state index contributed by atoms with van der Waals surface area (Å²) in [4.78, 5) is 26.7. The number of hydrogen-bond acceptors (Lipinski definition) is 4. The van der Waals surface area contributed by atoms with Crippen LogP contribution in [-0.4, -0.2) is 52.7 Å². The smallest absolute Gasteiger partial charge is 0.225 e. The number of rotatable bonds is 9. The molecular formula is C24H35N5O2. The molecule has 7 heteroatoms. The van der Waals surface area contributed by atoms with Gasteiger partial charge in [-0.05, 0) is 57.7 Å². The molecule has 7 nitrogen and oxygen atoms in total. The van der Waals surface area contributed by atoms with Gasteiger partial charge in [0.1, 0.15) is 0 Å². The lowest BCUT2D eigenvalue weighted by Crippen LogP contribution is -2.41. The number of amides is 2. The summed E-state index contributed by atoms with van der Waals surface area (Å²) in [5, 5.41) is 10.7. The van der Waals surface area contributed by atoms with Gasteiger partial charge in [-0.3, -0.25) is 9.59 Å². The number of piperidine rings is 1. The van der Waals surface area contributed by atoms with Crippen molar-refractivity contribution in [1.82, 2.24) is 20.0 Å². The van der Waals surface area contributed by atoms with Gasteiger partial charge in [-0.1, -0.05) is 25.1 Å². The van der Waals surface area contributed by atoms with E-state index in [2.05, 4.69) is 20.6 Å². The molecule has 1 saturated heterocycles. The summed E-state index contributed by atoms with van der Waals surface area (Å²) in [5.41, 5.74) is 3.52. The van der Waals surface area contributed by atoms with Gasteiger partial charge in [-0.25, -0.2) is 4.68 Å². The van der Waals surface area contributed by atoms with Gasteiger partial charge in [0, 0.05) is 32.5 Å². The lowest BCUT2D eigenvalue weighted by molar-refractivity contribution is -0.121. The molecule has 1 aliphatic heterocycles. The molecule has 168 valence electrons. The second-order valence-electron chi connectivity index (χ2n) is 8.45. The number of nitrogens with one attached hydrogen (secondary N) is 2. The van der Waals surface area contributed by atoms with Gasteiger partial charge >= 0.3 is 0 Å². The molecule has 2 heterocycles. The number of aryl methyl sites for hydroxylation is 1. The number of benzene rings is 1. The third-order valence-corrected chi connectivity index (χ3v) is 5.88. The summed E-state index contributed by atoms with van der Waals surface area (Å²) in [6, 6.07) is 9.93. The van der Waals surface area contributed by atoms with Gasteiger partial charge in [-0.2, -0.15) is 5.10 Å². The molecule has 0 bridgehead atoms. The fourth-order valence-corrected chi connectivity index (χ4v) is 4.20. The van der Waals surface area contributed by atoms with Gasteiger partial charge in [0.2, 0.25) is 11.8 Å². The van der Waals surface area contributed by atoms with Crippen LogP contribution in [0.15, 0.2) is 30.3 Å². The van der Waals surface area contributed by atoms with E-state index in [0.717, 1.165) is 68.2 Å². The van der Waals surface area contributed by atoms with Crippen molar-refractivity contribution in [3.63, 3.8) is 0 Å². The van der Waals surface area contributed by atoms with Gasteiger partial charge in [0.15, 0.2) is 0 Å². The van der Waals surface area contributed by atoms with Crippen LogP contribution in [0.4, 0.5) is 5.69 Å². The van der Waals surface area contributed by atoms with E-state index in [1.54, 1.807) is 0 Å². The maximum atomic E-state index is 12.6. The predicted molar refractivity (Wildman–Crippen MR) is 123 cm³/mol. The minimum Gasteiger partial charge on any atom is -0.356 e. The van der Waals surface area contributed by atoms with Crippen LogP contribution in [0.5, 0.6) is 0 Å². The van der Waals surface area contributed by atoms with Crippen LogP contribution in [0.2, 0.25) is 0 Å². The molecule has 0 saturated carbocycles. The van der Waals surface area contributed by atoms with Gasteiger partial charge < -0.3 is 15.5 Å². The Hall–Kier alpha value is -2.67. The lowest BCUT2D eigenvalue weighted by atomic mass is 9.97. The molecule has 2 amide bonds. The highest BCUT2D eigenvalue weighted by molar-refractivity contribution is 5.92. The van der Waals surface area contributed by atoms with E-state index in [-0.39, 0.29) is 11.8 Å². The van der Waals surface area contributed by atoms with Crippen molar-refractivity contribution < 1.29 is 9.59 Å². The van der Waals surface area contributed by atoms with E-state index in [9.17, 15) is 9.59 Å². The second kappa shape index (κ2) is 11.1. The number of hydrogen-bond donors (Lipinski definition) is 2. The SMILES string of the molecule is CCCC(=O)NCC1CCCN(CCC(=O)Nc2c(C)nn(-c3ccccc3)c2C)C1. The summed E-state index contributed by atoms with van der Waals surface area (Å²) in [6.07, 6.45) is 4.16. The highest BCUT2D eigenvalue weighted by atomic mass is 16.2. The van der Waals surface area contributed by atoms with E-state index in [1.165, 1.54) is 0 Å². The topological polar surface area (TPSA) is 79.3 Å². The summed E-state index contributed by atoms with van der Waals surface area (Å²) in [5.74, 6) is 0.615. The molecule has 1 unspecified atom stereocenters. The Morgan fingerprint density at radius 2 is 1.90 bits per heavy atom. The van der Waals surface area contributed by atoms with Crippen molar-refractivity contribution >= 4 is 17.5 Å². The van der Waals surface area contributed by atoms with Crippen LogP contribution in [-0.2, 0) is 9.59 Å². The monoisotopic (exact) mass is 425 g/mol. The fraction of sp³-hybridized carbons (Fsp3) is 0.542. The Balaban J connectivity index is 1.49. The molecule has 2 aromatic rings. The van der Waals surface area contributed by atoms with Crippen molar-refractivity contribution in [3.05, 3.63) is 41.7 Å². The number of likely N-dealkylation sites (tertiary alicyclic amines) is 1.